The van der Waals surface area contributed by atoms with Gasteiger partial charge >= 0.3 is 6.18 Å². The number of carbonyl (C=O) groups is 1. The number of carbonyl (C=O) groups excluding carboxylic acids is 1. The minimum absolute atomic E-state index is 0.0501. The summed E-state index contributed by atoms with van der Waals surface area (Å²) in [5, 5.41) is 0. The van der Waals surface area contributed by atoms with Crippen molar-refractivity contribution in [3.05, 3.63) is 23.8 Å². The molecule has 0 aliphatic carbocycles. The molecule has 9 heteroatoms. The van der Waals surface area contributed by atoms with Gasteiger partial charge in [-0.15, -0.1) is 0 Å². The van der Waals surface area contributed by atoms with Gasteiger partial charge < -0.3 is 19.1 Å². The van der Waals surface area contributed by atoms with E-state index in [1.807, 2.05) is 32.0 Å². The number of piperazine rings is 1. The Morgan fingerprint density at radius 3 is 2.63 bits per heavy atom. The Hall–Kier alpha value is -2.00. The number of fused-ring (bicyclic) bond motifs is 1. The highest BCUT2D eigenvalue weighted by molar-refractivity contribution is 5.78. The fourth-order valence-electron chi connectivity index (χ4n) is 3.73. The van der Waals surface area contributed by atoms with E-state index in [-0.39, 0.29) is 24.7 Å². The molecule has 0 saturated carbocycles. The molecular formula is C21H29F3N2O4. The molecule has 1 amide bonds. The van der Waals surface area contributed by atoms with Crippen LogP contribution >= 0.6 is 0 Å². The van der Waals surface area contributed by atoms with E-state index in [0.29, 0.717) is 50.6 Å². The van der Waals surface area contributed by atoms with Crippen molar-refractivity contribution in [3.8, 4) is 11.5 Å². The van der Waals surface area contributed by atoms with Crippen molar-refractivity contribution in [1.82, 2.24) is 9.80 Å². The van der Waals surface area contributed by atoms with Gasteiger partial charge in [0.05, 0.1) is 0 Å². The van der Waals surface area contributed by atoms with E-state index in [9.17, 15) is 18.0 Å². The molecule has 2 aliphatic heterocycles. The number of halogens is 3. The molecule has 1 fully saturated rings. The monoisotopic (exact) mass is 430 g/mol. The Balaban J connectivity index is 1.36. The van der Waals surface area contributed by atoms with Crippen molar-refractivity contribution in [3.63, 3.8) is 0 Å². The van der Waals surface area contributed by atoms with E-state index < -0.39 is 12.8 Å². The zero-order valence-corrected chi connectivity index (χ0v) is 17.5. The van der Waals surface area contributed by atoms with Crippen LogP contribution in [0.15, 0.2) is 18.2 Å². The summed E-state index contributed by atoms with van der Waals surface area (Å²) in [6.07, 6.45) is -2.95. The average Bonchev–Trinajstić information content (AvgIpc) is 3.00. The van der Waals surface area contributed by atoms with E-state index in [1.54, 1.807) is 4.90 Å². The quantitative estimate of drug-likeness (QED) is 0.594. The van der Waals surface area contributed by atoms with Crippen molar-refractivity contribution in [2.24, 2.45) is 0 Å². The Kier molecular flexibility index (Phi) is 7.13. The molecule has 0 aromatic heterocycles. The van der Waals surface area contributed by atoms with Crippen LogP contribution < -0.4 is 9.47 Å². The fourth-order valence-corrected chi connectivity index (χ4v) is 3.73. The van der Waals surface area contributed by atoms with Gasteiger partial charge in [-0.05, 0) is 26.3 Å². The van der Waals surface area contributed by atoms with Crippen molar-refractivity contribution in [2.75, 3.05) is 52.5 Å². The third kappa shape index (κ3) is 6.50. The number of amides is 1. The smallest absolute Gasteiger partial charge is 0.411 e. The van der Waals surface area contributed by atoms with Crippen LogP contribution in [0.25, 0.3) is 0 Å². The zero-order chi connectivity index (χ0) is 21.8. The molecule has 0 bridgehead atoms. The van der Waals surface area contributed by atoms with Crippen molar-refractivity contribution in [2.45, 2.75) is 38.5 Å². The molecule has 1 saturated heterocycles. The van der Waals surface area contributed by atoms with Crippen molar-refractivity contribution < 1.29 is 32.2 Å². The van der Waals surface area contributed by atoms with Gasteiger partial charge in [-0.25, -0.2) is 0 Å². The van der Waals surface area contributed by atoms with E-state index in [1.165, 1.54) is 0 Å². The van der Waals surface area contributed by atoms with Crippen LogP contribution in [0.5, 0.6) is 11.5 Å². The molecule has 0 spiro atoms. The number of hydrogen-bond donors (Lipinski definition) is 0. The first kappa shape index (κ1) is 22.7. The summed E-state index contributed by atoms with van der Waals surface area (Å²) in [6, 6.07) is 5.72. The van der Waals surface area contributed by atoms with Crippen LogP contribution in [-0.4, -0.2) is 80.0 Å². The second kappa shape index (κ2) is 9.43. The lowest BCUT2D eigenvalue weighted by molar-refractivity contribution is -0.174. The van der Waals surface area contributed by atoms with Gasteiger partial charge in [-0.2, -0.15) is 13.2 Å². The largest absolute Gasteiger partial charge is 0.483 e. The molecule has 0 unspecified atom stereocenters. The molecule has 168 valence electrons. The topological polar surface area (TPSA) is 51.2 Å². The predicted octanol–water partition coefficient (Wildman–Crippen LogP) is 2.89. The third-order valence-electron chi connectivity index (χ3n) is 5.16. The molecule has 2 heterocycles. The number of para-hydroxylation sites is 1. The lowest BCUT2D eigenvalue weighted by atomic mass is 10.0. The van der Waals surface area contributed by atoms with E-state index in [0.717, 1.165) is 12.0 Å². The van der Waals surface area contributed by atoms with E-state index >= 15 is 0 Å². The van der Waals surface area contributed by atoms with Crippen molar-refractivity contribution in [1.29, 1.82) is 0 Å². The first-order chi connectivity index (χ1) is 14.1. The Bertz CT molecular complexity index is 731. The average molecular weight is 430 g/mol. The van der Waals surface area contributed by atoms with Gasteiger partial charge in [0.2, 0.25) is 0 Å². The Labute approximate surface area is 174 Å². The summed E-state index contributed by atoms with van der Waals surface area (Å²) in [5.41, 5.74) is 0.803. The summed E-state index contributed by atoms with van der Waals surface area (Å²) in [7, 11) is 0. The number of alkyl halides is 3. The number of nitrogens with zero attached hydrogens (tertiary/aromatic N) is 2. The minimum Gasteiger partial charge on any atom is -0.483 e. The highest BCUT2D eigenvalue weighted by Crippen LogP contribution is 2.41. The first-order valence-corrected chi connectivity index (χ1v) is 10.2. The zero-order valence-electron chi connectivity index (χ0n) is 17.5. The summed E-state index contributed by atoms with van der Waals surface area (Å²) in [4.78, 5) is 16.4. The molecule has 30 heavy (non-hydrogen) atoms. The third-order valence-corrected chi connectivity index (χ3v) is 5.16. The molecule has 1 aromatic carbocycles. The van der Waals surface area contributed by atoms with Gasteiger partial charge in [-0.1, -0.05) is 12.1 Å². The number of hydrogen-bond acceptors (Lipinski definition) is 5. The SMILES string of the molecule is CC1(C)Cc2cccc(OCC(=O)N3CCN(CCCOCC(F)(F)F)CC3)c2O1. The summed E-state index contributed by atoms with van der Waals surface area (Å²) < 4.78 is 52.5. The van der Waals surface area contributed by atoms with Crippen LogP contribution in [0.2, 0.25) is 0 Å². The van der Waals surface area contributed by atoms with Crippen LogP contribution in [0.1, 0.15) is 25.8 Å². The fraction of sp³-hybridized carbons (Fsp3) is 0.667. The molecule has 1 aromatic rings. The lowest BCUT2D eigenvalue weighted by Gasteiger charge is -2.34. The second-order valence-corrected chi connectivity index (χ2v) is 8.32. The maximum atomic E-state index is 12.5. The molecule has 3 rings (SSSR count). The number of ether oxygens (including phenoxy) is 3. The van der Waals surface area contributed by atoms with Gasteiger partial charge in [-0.3, -0.25) is 9.69 Å². The van der Waals surface area contributed by atoms with Gasteiger partial charge in [0.15, 0.2) is 18.1 Å². The molecule has 0 N–H and O–H groups in total. The van der Waals surface area contributed by atoms with E-state index in [4.69, 9.17) is 9.47 Å². The molecule has 0 radical (unpaired) electrons. The maximum Gasteiger partial charge on any atom is 0.411 e. The normalized spacial score (nSPS) is 18.8. The standard InChI is InChI=1S/C21H29F3N2O4/c1-20(2)13-16-5-3-6-17(19(16)30-20)29-14-18(27)26-10-8-25(9-11-26)7-4-12-28-15-21(22,23)24/h3,5-6H,4,7-15H2,1-2H3. The predicted molar refractivity (Wildman–Crippen MR) is 105 cm³/mol. The highest BCUT2D eigenvalue weighted by atomic mass is 19.4. The summed E-state index contributed by atoms with van der Waals surface area (Å²) >= 11 is 0. The van der Waals surface area contributed by atoms with Gasteiger partial charge in [0, 0.05) is 51.3 Å². The van der Waals surface area contributed by atoms with Crippen molar-refractivity contribution >= 4 is 5.91 Å². The van der Waals surface area contributed by atoms with Crippen LogP contribution in [0.3, 0.4) is 0 Å². The van der Waals surface area contributed by atoms with Crippen LogP contribution in [0.4, 0.5) is 13.2 Å². The Morgan fingerprint density at radius 1 is 1.20 bits per heavy atom. The maximum absolute atomic E-state index is 12.5. The number of benzene rings is 1. The highest BCUT2D eigenvalue weighted by Gasteiger charge is 2.32. The minimum atomic E-state index is -4.28. The molecule has 6 nitrogen and oxygen atoms in total. The van der Waals surface area contributed by atoms with Gasteiger partial charge in [0.25, 0.3) is 5.91 Å². The van der Waals surface area contributed by atoms with Crippen LogP contribution in [0, 0.1) is 0 Å². The lowest BCUT2D eigenvalue weighted by Crippen LogP contribution is -2.50. The van der Waals surface area contributed by atoms with E-state index in [2.05, 4.69) is 9.64 Å². The van der Waals surface area contributed by atoms with Crippen LogP contribution in [-0.2, 0) is 16.0 Å². The Morgan fingerprint density at radius 2 is 1.93 bits per heavy atom. The molecule has 2 aliphatic rings. The number of rotatable bonds is 8. The molecular weight excluding hydrogens is 401 g/mol. The summed E-state index contributed by atoms with van der Waals surface area (Å²) in [6.45, 7) is 6.02. The first-order valence-electron chi connectivity index (χ1n) is 10.2. The summed E-state index contributed by atoms with van der Waals surface area (Å²) in [5.74, 6) is 1.22. The second-order valence-electron chi connectivity index (χ2n) is 8.32. The van der Waals surface area contributed by atoms with Gasteiger partial charge in [0.1, 0.15) is 12.2 Å². The molecule has 0 atom stereocenters.